The Kier molecular flexibility index (Phi) is 4.24. The van der Waals surface area contributed by atoms with E-state index in [9.17, 15) is 4.39 Å². The van der Waals surface area contributed by atoms with E-state index < -0.39 is 0 Å². The second-order valence-electron chi connectivity index (χ2n) is 4.61. The van der Waals surface area contributed by atoms with Gasteiger partial charge in [-0.1, -0.05) is 11.6 Å². The Bertz CT molecular complexity index is 376. The third-order valence-electron chi connectivity index (χ3n) is 3.43. The van der Waals surface area contributed by atoms with Crippen LogP contribution < -0.4 is 10.6 Å². The van der Waals surface area contributed by atoms with E-state index >= 15 is 0 Å². The molecule has 0 bridgehead atoms. The summed E-state index contributed by atoms with van der Waals surface area (Å²) in [5, 5.41) is 6.90. The van der Waals surface area contributed by atoms with Crippen molar-refractivity contribution < 1.29 is 4.39 Å². The first-order valence-corrected chi connectivity index (χ1v) is 6.45. The summed E-state index contributed by atoms with van der Waals surface area (Å²) < 4.78 is 13.0. The molecule has 0 unspecified atom stereocenters. The molecule has 1 aliphatic rings. The smallest absolute Gasteiger partial charge is 0.141 e. The minimum Gasteiger partial charge on any atom is -0.382 e. The predicted octanol–water partition coefficient (Wildman–Crippen LogP) is 3.42. The average molecular weight is 257 g/mol. The highest BCUT2D eigenvalue weighted by molar-refractivity contribution is 6.31. The minimum absolute atomic E-state index is 0.180. The third-order valence-corrected chi connectivity index (χ3v) is 3.72. The van der Waals surface area contributed by atoms with Crippen molar-refractivity contribution in [1.82, 2.24) is 5.32 Å². The summed E-state index contributed by atoms with van der Waals surface area (Å²) in [6.07, 6.45) is 4.65. The van der Waals surface area contributed by atoms with Crippen molar-refractivity contribution in [2.75, 3.05) is 12.4 Å². The van der Waals surface area contributed by atoms with Gasteiger partial charge in [0.2, 0.25) is 0 Å². The normalized spacial score (nSPS) is 24.6. The minimum atomic E-state index is -0.365. The number of hydrogen-bond donors (Lipinski definition) is 2. The van der Waals surface area contributed by atoms with Gasteiger partial charge in [-0.25, -0.2) is 4.39 Å². The molecule has 0 amide bonds. The topological polar surface area (TPSA) is 24.1 Å². The molecule has 94 valence electrons. The Labute approximate surface area is 107 Å². The van der Waals surface area contributed by atoms with Crippen LogP contribution >= 0.6 is 11.6 Å². The van der Waals surface area contributed by atoms with E-state index in [2.05, 4.69) is 10.6 Å². The zero-order valence-corrected chi connectivity index (χ0v) is 10.7. The highest BCUT2D eigenvalue weighted by Gasteiger charge is 2.19. The standard InChI is InChI=1S/C13H18ClFN2/c1-16-9-2-4-10(5-3-9)17-11-6-7-13(15)12(14)8-11/h6-10,16-17H,2-5H2,1H3. The van der Waals surface area contributed by atoms with Gasteiger partial charge in [0.15, 0.2) is 0 Å². The van der Waals surface area contributed by atoms with Gasteiger partial charge in [-0.15, -0.1) is 0 Å². The van der Waals surface area contributed by atoms with Gasteiger partial charge in [0, 0.05) is 17.8 Å². The molecule has 0 aromatic heterocycles. The molecule has 0 saturated heterocycles. The highest BCUT2D eigenvalue weighted by Crippen LogP contribution is 2.24. The molecule has 0 atom stereocenters. The Morgan fingerprint density at radius 2 is 1.82 bits per heavy atom. The van der Waals surface area contributed by atoms with Crippen molar-refractivity contribution in [3.63, 3.8) is 0 Å². The molecule has 2 N–H and O–H groups in total. The quantitative estimate of drug-likeness (QED) is 0.866. The van der Waals surface area contributed by atoms with E-state index in [0.717, 1.165) is 18.5 Å². The van der Waals surface area contributed by atoms with Gasteiger partial charge in [-0.05, 0) is 50.9 Å². The van der Waals surface area contributed by atoms with Crippen molar-refractivity contribution >= 4 is 17.3 Å². The lowest BCUT2D eigenvalue weighted by Crippen LogP contribution is -2.34. The highest BCUT2D eigenvalue weighted by atomic mass is 35.5. The fraction of sp³-hybridized carbons (Fsp3) is 0.538. The fourth-order valence-corrected chi connectivity index (χ4v) is 2.53. The van der Waals surface area contributed by atoms with E-state index in [1.807, 2.05) is 7.05 Å². The number of halogens is 2. The molecule has 0 radical (unpaired) electrons. The SMILES string of the molecule is CNC1CCC(Nc2ccc(F)c(Cl)c2)CC1. The first-order chi connectivity index (χ1) is 8.19. The lowest BCUT2D eigenvalue weighted by atomic mass is 9.91. The summed E-state index contributed by atoms with van der Waals surface area (Å²) in [6, 6.07) is 5.92. The van der Waals surface area contributed by atoms with Gasteiger partial charge >= 0.3 is 0 Å². The number of nitrogens with one attached hydrogen (secondary N) is 2. The summed E-state index contributed by atoms with van der Waals surface area (Å²) in [6.45, 7) is 0. The van der Waals surface area contributed by atoms with E-state index in [-0.39, 0.29) is 10.8 Å². The summed E-state index contributed by atoms with van der Waals surface area (Å²) in [5.41, 5.74) is 0.907. The van der Waals surface area contributed by atoms with Gasteiger partial charge in [0.1, 0.15) is 5.82 Å². The zero-order chi connectivity index (χ0) is 12.3. The molecule has 4 heteroatoms. The Balaban J connectivity index is 1.91. The van der Waals surface area contributed by atoms with Crippen LogP contribution in [0.5, 0.6) is 0 Å². The molecule has 1 aromatic rings. The molecule has 0 heterocycles. The van der Waals surface area contributed by atoms with Crippen molar-refractivity contribution in [1.29, 1.82) is 0 Å². The van der Waals surface area contributed by atoms with Crippen LogP contribution in [0.25, 0.3) is 0 Å². The summed E-state index contributed by atoms with van der Waals surface area (Å²) in [7, 11) is 2.01. The molecule has 17 heavy (non-hydrogen) atoms. The summed E-state index contributed by atoms with van der Waals surface area (Å²) >= 11 is 5.75. The van der Waals surface area contributed by atoms with Crippen LogP contribution in [0.4, 0.5) is 10.1 Å². The average Bonchev–Trinajstić information content (AvgIpc) is 2.35. The lowest BCUT2D eigenvalue weighted by Gasteiger charge is -2.29. The Morgan fingerprint density at radius 1 is 1.18 bits per heavy atom. The van der Waals surface area contributed by atoms with Gasteiger partial charge < -0.3 is 10.6 Å². The maximum Gasteiger partial charge on any atom is 0.141 e. The summed E-state index contributed by atoms with van der Waals surface area (Å²) in [4.78, 5) is 0. The number of rotatable bonds is 3. The van der Waals surface area contributed by atoms with E-state index in [1.165, 1.54) is 18.9 Å². The molecule has 1 saturated carbocycles. The largest absolute Gasteiger partial charge is 0.382 e. The predicted molar refractivity (Wildman–Crippen MR) is 70.1 cm³/mol. The van der Waals surface area contributed by atoms with Crippen LogP contribution in [-0.4, -0.2) is 19.1 Å². The molecule has 0 spiro atoms. The number of anilines is 1. The van der Waals surface area contributed by atoms with Crippen molar-refractivity contribution in [2.45, 2.75) is 37.8 Å². The van der Waals surface area contributed by atoms with E-state index in [4.69, 9.17) is 11.6 Å². The zero-order valence-electron chi connectivity index (χ0n) is 9.97. The van der Waals surface area contributed by atoms with Crippen LogP contribution in [0, 0.1) is 5.82 Å². The Hall–Kier alpha value is -0.800. The second-order valence-corrected chi connectivity index (χ2v) is 5.02. The van der Waals surface area contributed by atoms with E-state index in [0.29, 0.717) is 12.1 Å². The maximum absolute atomic E-state index is 13.0. The van der Waals surface area contributed by atoms with Gasteiger partial charge in [-0.2, -0.15) is 0 Å². The number of benzene rings is 1. The van der Waals surface area contributed by atoms with Crippen LogP contribution in [0.3, 0.4) is 0 Å². The fourth-order valence-electron chi connectivity index (χ4n) is 2.35. The molecular formula is C13H18ClFN2. The first-order valence-electron chi connectivity index (χ1n) is 6.08. The van der Waals surface area contributed by atoms with Gasteiger partial charge in [0.25, 0.3) is 0 Å². The maximum atomic E-state index is 13.0. The van der Waals surface area contributed by atoms with Crippen LogP contribution in [0.1, 0.15) is 25.7 Å². The molecule has 2 rings (SSSR count). The molecule has 0 aliphatic heterocycles. The number of hydrogen-bond acceptors (Lipinski definition) is 2. The molecular weight excluding hydrogens is 239 g/mol. The third kappa shape index (κ3) is 3.33. The molecule has 1 aliphatic carbocycles. The first kappa shape index (κ1) is 12.7. The summed E-state index contributed by atoms with van der Waals surface area (Å²) in [5.74, 6) is -0.365. The second kappa shape index (κ2) is 5.69. The van der Waals surface area contributed by atoms with Crippen molar-refractivity contribution in [2.24, 2.45) is 0 Å². The van der Waals surface area contributed by atoms with Crippen LogP contribution in [0.2, 0.25) is 5.02 Å². The van der Waals surface area contributed by atoms with Crippen molar-refractivity contribution in [3.05, 3.63) is 29.0 Å². The molecule has 2 nitrogen and oxygen atoms in total. The Morgan fingerprint density at radius 3 is 2.41 bits per heavy atom. The van der Waals surface area contributed by atoms with Crippen LogP contribution in [0.15, 0.2) is 18.2 Å². The monoisotopic (exact) mass is 256 g/mol. The van der Waals surface area contributed by atoms with Crippen LogP contribution in [-0.2, 0) is 0 Å². The molecule has 1 aromatic carbocycles. The lowest BCUT2D eigenvalue weighted by molar-refractivity contribution is 0.371. The van der Waals surface area contributed by atoms with Crippen molar-refractivity contribution in [3.8, 4) is 0 Å². The van der Waals surface area contributed by atoms with Gasteiger partial charge in [-0.3, -0.25) is 0 Å². The van der Waals surface area contributed by atoms with Gasteiger partial charge in [0.05, 0.1) is 5.02 Å². The molecule has 1 fully saturated rings. The van der Waals surface area contributed by atoms with E-state index in [1.54, 1.807) is 12.1 Å².